The predicted molar refractivity (Wildman–Crippen MR) is 250 cm³/mol. The molecule has 1 saturated carbocycles. The Morgan fingerprint density at radius 2 is 1.68 bits per heavy atom. The number of piperidine rings is 2. The number of nitrogens with one attached hydrogen (secondary N) is 4. The first-order valence-electron chi connectivity index (χ1n) is 22.8. The lowest BCUT2D eigenvalue weighted by Crippen LogP contribution is -2.54. The van der Waals surface area contributed by atoms with Crippen LogP contribution in [0.4, 0.5) is 23.1 Å². The van der Waals surface area contributed by atoms with Gasteiger partial charge in [-0.05, 0) is 114 Å². The summed E-state index contributed by atoms with van der Waals surface area (Å²) in [6.45, 7) is 10.7. The van der Waals surface area contributed by atoms with Crippen LogP contribution in [0, 0.1) is 6.92 Å². The van der Waals surface area contributed by atoms with Gasteiger partial charge in [-0.1, -0.05) is 11.6 Å². The Morgan fingerprint density at radius 1 is 0.909 bits per heavy atom. The van der Waals surface area contributed by atoms with Gasteiger partial charge in [0.15, 0.2) is 18.2 Å². The van der Waals surface area contributed by atoms with Gasteiger partial charge in [-0.25, -0.2) is 4.98 Å². The molecule has 0 radical (unpaired) electrons. The van der Waals surface area contributed by atoms with Gasteiger partial charge in [0.25, 0.3) is 23.3 Å². The quantitative estimate of drug-likeness (QED) is 0.151. The number of fused-ring (bicyclic) bond motifs is 2. The van der Waals surface area contributed by atoms with E-state index in [9.17, 15) is 28.8 Å². The fourth-order valence-corrected chi connectivity index (χ4v) is 9.21. The topological polar surface area (TPSA) is 209 Å². The van der Waals surface area contributed by atoms with Crippen LogP contribution in [-0.4, -0.2) is 120 Å². The molecule has 66 heavy (non-hydrogen) atoms. The number of likely N-dealkylation sites (N-methyl/N-ethyl adjacent to an activating group) is 1. The molecule has 5 amide bonds. The molecule has 0 spiro atoms. The molecular weight excluding hydrogens is 868 g/mol. The lowest BCUT2D eigenvalue weighted by Gasteiger charge is -2.36. The summed E-state index contributed by atoms with van der Waals surface area (Å²) in [5.41, 5.74) is 3.64. The molecule has 4 N–H and O–H groups in total. The average Bonchev–Trinajstić information content (AvgIpc) is 3.42. The fourth-order valence-electron chi connectivity index (χ4n) is 9.07. The van der Waals surface area contributed by atoms with E-state index in [0.717, 1.165) is 91.3 Å². The third kappa shape index (κ3) is 9.85. The number of pyridine rings is 1. The number of amides is 5. The van der Waals surface area contributed by atoms with E-state index in [4.69, 9.17) is 26.1 Å². The maximum Gasteiger partial charge on any atom is 0.293 e. The normalized spacial score (nSPS) is 19.2. The molecule has 5 aliphatic rings. The Kier molecular flexibility index (Phi) is 14.2. The Morgan fingerprint density at radius 3 is 2.39 bits per heavy atom. The summed E-state index contributed by atoms with van der Waals surface area (Å²) in [4.78, 5) is 88.9. The molecule has 1 atom stereocenters. The Labute approximate surface area is 387 Å². The zero-order valence-corrected chi connectivity index (χ0v) is 38.5. The number of hydrogen-bond donors (Lipinski definition) is 4. The minimum absolute atomic E-state index is 0.107. The van der Waals surface area contributed by atoms with Crippen LogP contribution in [0.25, 0.3) is 10.9 Å². The van der Waals surface area contributed by atoms with E-state index >= 15 is 0 Å². The fraction of sp³-hybridized carbons (Fsp3) is 0.489. The van der Waals surface area contributed by atoms with Gasteiger partial charge in [-0.3, -0.25) is 39.0 Å². The van der Waals surface area contributed by atoms with E-state index in [1.165, 1.54) is 26.3 Å². The van der Waals surface area contributed by atoms with Gasteiger partial charge in [0, 0.05) is 69.0 Å². The van der Waals surface area contributed by atoms with E-state index in [0.29, 0.717) is 40.1 Å². The highest BCUT2D eigenvalue weighted by atomic mass is 35.5. The molecule has 0 bridgehead atoms. The number of imide groups is 2. The number of halogens is 1. The Bertz CT molecular complexity index is 2580. The summed E-state index contributed by atoms with van der Waals surface area (Å²) in [5.74, 6) is -0.938. The smallest absolute Gasteiger partial charge is 0.293 e. The summed E-state index contributed by atoms with van der Waals surface area (Å²) >= 11 is 6.47. The van der Waals surface area contributed by atoms with Crippen molar-refractivity contribution in [3.8, 4) is 5.75 Å². The van der Waals surface area contributed by atoms with E-state index in [2.05, 4.69) is 36.1 Å². The van der Waals surface area contributed by atoms with Gasteiger partial charge in [-0.15, -0.1) is 0 Å². The first-order chi connectivity index (χ1) is 31.8. The van der Waals surface area contributed by atoms with Crippen molar-refractivity contribution in [3.63, 3.8) is 0 Å². The van der Waals surface area contributed by atoms with Crippen molar-refractivity contribution in [1.82, 2.24) is 35.4 Å². The standard InChI is InChI=1S/C28H35ClN6O4.C19H22N4O4/c1-17(2)35-23-8-7-19(13-18(23)14-24(27(35)37)38-16-25(36)30-3)32-26-22(29)15-31-28(33-26)34-11-9-21(10-12-34)39-20-5-4-6-20;1-11-13(22-9-2-7-20-8-10-22)4-3-12-16(11)19(27)23(18(12)26)14-5-6-15(24)21-17(14)25/h7-8,13-15,17,20-21H,4-6,9-12,16H2,1-3H3,(H,30,36)(H,31,32,33);3-4,14,20H,2,5-10H2,1H3,(H,21,24,25). The van der Waals surface area contributed by atoms with Crippen LogP contribution in [0.15, 0.2) is 47.4 Å². The van der Waals surface area contributed by atoms with Crippen molar-refractivity contribution in [2.24, 2.45) is 0 Å². The monoisotopic (exact) mass is 924 g/mol. The second-order valence-electron chi connectivity index (χ2n) is 17.5. The van der Waals surface area contributed by atoms with Crippen LogP contribution in [-0.2, 0) is 19.1 Å². The zero-order chi connectivity index (χ0) is 46.6. The van der Waals surface area contributed by atoms with Crippen molar-refractivity contribution >= 4 is 75.2 Å². The third-order valence-corrected chi connectivity index (χ3v) is 13.1. The highest BCUT2D eigenvalue weighted by Gasteiger charge is 2.45. The van der Waals surface area contributed by atoms with Crippen molar-refractivity contribution < 1.29 is 33.4 Å². The maximum atomic E-state index is 13.1. The Balaban J connectivity index is 0.000000192. The number of hydrogen-bond acceptors (Lipinski definition) is 14. The van der Waals surface area contributed by atoms with E-state index in [-0.39, 0.29) is 48.6 Å². The number of nitrogens with zero attached hydrogens (tertiary/aromatic N) is 6. The minimum atomic E-state index is -0.930. The molecule has 19 heteroatoms. The third-order valence-electron chi connectivity index (χ3n) is 12.8. The van der Waals surface area contributed by atoms with E-state index in [1.54, 1.807) is 22.9 Å². The molecule has 9 rings (SSSR count). The number of carbonyl (C=O) groups excluding carboxylic acids is 5. The van der Waals surface area contributed by atoms with Gasteiger partial charge >= 0.3 is 0 Å². The van der Waals surface area contributed by atoms with Crippen molar-refractivity contribution in [2.75, 3.05) is 68.0 Å². The Hall–Kier alpha value is -6.11. The van der Waals surface area contributed by atoms with E-state index in [1.807, 2.05) is 45.0 Å². The molecule has 4 aromatic rings. The zero-order valence-electron chi connectivity index (χ0n) is 37.8. The molecule has 2 aromatic heterocycles. The highest BCUT2D eigenvalue weighted by Crippen LogP contribution is 2.35. The van der Waals surface area contributed by atoms with Crippen molar-refractivity contribution in [3.05, 3.63) is 74.7 Å². The van der Waals surface area contributed by atoms with Crippen LogP contribution in [0.2, 0.25) is 5.02 Å². The summed E-state index contributed by atoms with van der Waals surface area (Å²) in [6, 6.07) is 9.86. The summed E-state index contributed by atoms with van der Waals surface area (Å²) in [7, 11) is 1.52. The number of aromatic nitrogens is 3. The molecule has 350 valence electrons. The van der Waals surface area contributed by atoms with Gasteiger partial charge in [0.2, 0.25) is 17.8 Å². The van der Waals surface area contributed by atoms with Gasteiger partial charge in [-0.2, -0.15) is 4.98 Å². The van der Waals surface area contributed by atoms with Gasteiger partial charge < -0.3 is 39.8 Å². The predicted octanol–water partition coefficient (Wildman–Crippen LogP) is 4.63. The molecule has 1 aliphatic carbocycles. The van der Waals surface area contributed by atoms with Gasteiger partial charge in [0.1, 0.15) is 11.1 Å². The second kappa shape index (κ2) is 20.2. The first kappa shape index (κ1) is 46.4. The van der Waals surface area contributed by atoms with Crippen molar-refractivity contribution in [1.29, 1.82) is 0 Å². The number of anilines is 4. The lowest BCUT2D eigenvalue weighted by molar-refractivity contribution is -0.136. The number of ether oxygens (including phenoxy) is 2. The second-order valence-corrected chi connectivity index (χ2v) is 18.0. The van der Waals surface area contributed by atoms with Crippen LogP contribution in [0.5, 0.6) is 5.75 Å². The molecule has 4 aliphatic heterocycles. The molecule has 2 aromatic carbocycles. The van der Waals surface area contributed by atoms with Crippen LogP contribution < -0.4 is 41.4 Å². The molecule has 3 saturated heterocycles. The minimum Gasteiger partial charge on any atom is -0.478 e. The highest BCUT2D eigenvalue weighted by molar-refractivity contribution is 6.33. The first-order valence-corrected chi connectivity index (χ1v) is 23.2. The van der Waals surface area contributed by atoms with Crippen LogP contribution >= 0.6 is 11.6 Å². The number of benzene rings is 2. The van der Waals surface area contributed by atoms with Crippen LogP contribution in [0.3, 0.4) is 0 Å². The van der Waals surface area contributed by atoms with Gasteiger partial charge in [0.05, 0.1) is 35.0 Å². The average molecular weight is 925 g/mol. The summed E-state index contributed by atoms with van der Waals surface area (Å²) in [6.07, 6.45) is 9.22. The molecular formula is C47H57ClN10O8. The van der Waals surface area contributed by atoms with Crippen molar-refractivity contribution in [2.45, 2.75) is 96.4 Å². The number of rotatable bonds is 11. The molecule has 1 unspecified atom stereocenters. The van der Waals surface area contributed by atoms with E-state index < -0.39 is 23.8 Å². The SMILES string of the molecule is CNC(=O)COc1cc2cc(Nc3nc(N4CCC(OC5CCC5)CC4)ncc3Cl)ccc2n(C(C)C)c1=O.Cc1c(N2CCCNCC2)ccc2c1C(=O)N(C1CCC(=O)NC1=O)C2=O. The molecule has 18 nitrogen and oxygen atoms in total. The largest absolute Gasteiger partial charge is 0.478 e. The maximum absolute atomic E-state index is 13.1. The molecule has 4 fully saturated rings. The summed E-state index contributed by atoms with van der Waals surface area (Å²) < 4.78 is 13.4. The number of carbonyl (C=O) groups is 5. The van der Waals surface area contributed by atoms with Crippen LogP contribution in [0.1, 0.15) is 97.5 Å². The summed E-state index contributed by atoms with van der Waals surface area (Å²) in [5, 5.41) is 12.6. The molecule has 6 heterocycles. The lowest BCUT2D eigenvalue weighted by atomic mass is 9.95.